The van der Waals surface area contributed by atoms with Crippen LogP contribution in [0.15, 0.2) is 0 Å². The number of hydrogen-bond donors (Lipinski definition) is 2. The van der Waals surface area contributed by atoms with E-state index < -0.39 is 25.9 Å². The van der Waals surface area contributed by atoms with E-state index in [4.69, 9.17) is 14.2 Å². The first kappa shape index (κ1) is 14.6. The van der Waals surface area contributed by atoms with Crippen LogP contribution in [0.25, 0.3) is 0 Å². The monoisotopic (exact) mass is 239 g/mol. The Hall–Kier alpha value is -0.420. The Morgan fingerprint density at radius 2 is 1.87 bits per heavy atom. The van der Waals surface area contributed by atoms with E-state index in [0.717, 1.165) is 0 Å². The molecule has 7 heteroatoms. The van der Waals surface area contributed by atoms with E-state index in [1.165, 1.54) is 6.92 Å². The lowest BCUT2D eigenvalue weighted by Gasteiger charge is -2.22. The van der Waals surface area contributed by atoms with Gasteiger partial charge in [0.05, 0.1) is 13.2 Å². The molecule has 6 nitrogen and oxygen atoms in total. The highest BCUT2D eigenvalue weighted by Crippen LogP contribution is 2.52. The normalized spacial score (nSPS) is 13.6. The summed E-state index contributed by atoms with van der Waals surface area (Å²) in [4.78, 5) is 11.3. The van der Waals surface area contributed by atoms with Crippen LogP contribution >= 0.6 is 7.60 Å². The highest BCUT2D eigenvalue weighted by Gasteiger charge is 2.36. The first-order valence-corrected chi connectivity index (χ1v) is 6.40. The lowest BCUT2D eigenvalue weighted by atomic mass is 10.4. The Bertz CT molecular complexity index is 235. The van der Waals surface area contributed by atoms with Gasteiger partial charge in [0.25, 0.3) is 0 Å². The molecule has 0 radical (unpaired) electrons. The van der Waals surface area contributed by atoms with Gasteiger partial charge in [-0.05, 0) is 20.8 Å². The fourth-order valence-electron chi connectivity index (χ4n) is 0.990. The summed E-state index contributed by atoms with van der Waals surface area (Å²) in [6, 6.07) is 0. The van der Waals surface area contributed by atoms with Crippen molar-refractivity contribution in [2.75, 3.05) is 19.9 Å². The van der Waals surface area contributed by atoms with Crippen molar-refractivity contribution in [2.24, 2.45) is 0 Å². The van der Waals surface area contributed by atoms with Crippen molar-refractivity contribution < 1.29 is 23.5 Å². The van der Waals surface area contributed by atoms with Crippen LogP contribution in [0, 0.1) is 0 Å². The van der Waals surface area contributed by atoms with Gasteiger partial charge in [-0.25, -0.2) is 0 Å². The predicted molar refractivity (Wildman–Crippen MR) is 55.5 cm³/mol. The molecule has 15 heavy (non-hydrogen) atoms. The van der Waals surface area contributed by atoms with Crippen molar-refractivity contribution in [2.45, 2.75) is 26.4 Å². The maximum absolute atomic E-state index is 12.0. The summed E-state index contributed by atoms with van der Waals surface area (Å²) >= 11 is 0. The van der Waals surface area contributed by atoms with Gasteiger partial charge in [-0.15, -0.1) is 0 Å². The quantitative estimate of drug-likeness (QED) is 0.504. The third kappa shape index (κ3) is 4.30. The van der Waals surface area contributed by atoms with E-state index in [1.54, 1.807) is 13.8 Å². The molecular weight excluding hydrogens is 221 g/mol. The number of nitrogens with one attached hydrogen (secondary N) is 1. The highest BCUT2D eigenvalue weighted by atomic mass is 31.2. The van der Waals surface area contributed by atoms with Crippen LogP contribution in [-0.2, 0) is 18.4 Å². The van der Waals surface area contributed by atoms with Crippen molar-refractivity contribution >= 4 is 13.5 Å². The topological polar surface area (TPSA) is 84.9 Å². The number of aliphatic hydroxyl groups excluding tert-OH is 1. The standard InChI is InChI=1S/C8H18NO5P/c1-4-13-15(12,14-5-2)7(3)8(11)9-6-10/h7,10H,4-6H2,1-3H3,(H,9,11). The molecule has 0 aliphatic carbocycles. The predicted octanol–water partition coefficient (Wildman–Crippen LogP) is 0.707. The van der Waals surface area contributed by atoms with Crippen molar-refractivity contribution in [1.82, 2.24) is 5.32 Å². The first-order chi connectivity index (χ1) is 7.01. The average Bonchev–Trinajstić information content (AvgIpc) is 2.17. The van der Waals surface area contributed by atoms with Crippen LogP contribution in [0.1, 0.15) is 20.8 Å². The van der Waals surface area contributed by atoms with Crippen molar-refractivity contribution in [3.05, 3.63) is 0 Å². The number of aliphatic hydroxyl groups is 1. The van der Waals surface area contributed by atoms with Crippen molar-refractivity contribution in [3.8, 4) is 0 Å². The van der Waals surface area contributed by atoms with Gasteiger partial charge in [0.15, 0.2) is 0 Å². The number of carbonyl (C=O) groups excluding carboxylic acids is 1. The van der Waals surface area contributed by atoms with Crippen LogP contribution < -0.4 is 5.32 Å². The molecule has 1 amide bonds. The van der Waals surface area contributed by atoms with E-state index in [0.29, 0.717) is 0 Å². The van der Waals surface area contributed by atoms with Gasteiger partial charge in [-0.1, -0.05) is 0 Å². The minimum absolute atomic E-state index is 0.202. The lowest BCUT2D eigenvalue weighted by molar-refractivity contribution is -0.121. The molecule has 0 aromatic rings. The highest BCUT2D eigenvalue weighted by molar-refractivity contribution is 7.55. The summed E-state index contributed by atoms with van der Waals surface area (Å²) in [5.74, 6) is -0.553. The summed E-state index contributed by atoms with van der Waals surface area (Å²) in [5, 5.41) is 10.7. The third-order valence-corrected chi connectivity index (χ3v) is 4.14. The summed E-state index contributed by atoms with van der Waals surface area (Å²) < 4.78 is 22.0. The van der Waals surface area contributed by atoms with Gasteiger partial charge in [0.2, 0.25) is 5.91 Å². The zero-order valence-electron chi connectivity index (χ0n) is 9.23. The Morgan fingerprint density at radius 3 is 2.20 bits per heavy atom. The second-order valence-corrected chi connectivity index (χ2v) is 5.12. The lowest BCUT2D eigenvalue weighted by Crippen LogP contribution is -2.34. The molecule has 0 rings (SSSR count). The minimum atomic E-state index is -3.42. The summed E-state index contributed by atoms with van der Waals surface area (Å²) in [7, 11) is -3.42. The minimum Gasteiger partial charge on any atom is -0.377 e. The van der Waals surface area contributed by atoms with Crippen LogP contribution in [0.5, 0.6) is 0 Å². The molecule has 0 aliphatic heterocycles. The van der Waals surface area contributed by atoms with E-state index in [2.05, 4.69) is 5.32 Å². The zero-order chi connectivity index (χ0) is 11.9. The molecular formula is C8H18NO5P. The van der Waals surface area contributed by atoms with E-state index >= 15 is 0 Å². The maximum atomic E-state index is 12.0. The Morgan fingerprint density at radius 1 is 1.40 bits per heavy atom. The van der Waals surface area contributed by atoms with Crippen LogP contribution in [0.3, 0.4) is 0 Å². The van der Waals surface area contributed by atoms with E-state index in [-0.39, 0.29) is 13.2 Å². The second kappa shape index (κ2) is 6.95. The number of carbonyl (C=O) groups is 1. The number of rotatable bonds is 7. The molecule has 1 unspecified atom stereocenters. The molecule has 0 aromatic carbocycles. The molecule has 0 saturated carbocycles. The summed E-state index contributed by atoms with van der Waals surface area (Å²) in [6.07, 6.45) is 0. The molecule has 0 heterocycles. The molecule has 0 spiro atoms. The number of amides is 1. The van der Waals surface area contributed by atoms with Crippen LogP contribution in [0.2, 0.25) is 0 Å². The first-order valence-electron chi connectivity index (χ1n) is 4.79. The second-order valence-electron chi connectivity index (χ2n) is 2.75. The summed E-state index contributed by atoms with van der Waals surface area (Å²) in [5.41, 5.74) is -0.926. The van der Waals surface area contributed by atoms with Gasteiger partial charge in [-0.3, -0.25) is 9.36 Å². The fraction of sp³-hybridized carbons (Fsp3) is 0.875. The molecule has 90 valence electrons. The molecule has 2 N–H and O–H groups in total. The number of hydrogen-bond acceptors (Lipinski definition) is 5. The van der Waals surface area contributed by atoms with E-state index in [9.17, 15) is 9.36 Å². The smallest absolute Gasteiger partial charge is 0.342 e. The largest absolute Gasteiger partial charge is 0.377 e. The van der Waals surface area contributed by atoms with Crippen molar-refractivity contribution in [1.29, 1.82) is 0 Å². The Labute approximate surface area is 89.5 Å². The molecule has 0 aliphatic rings. The van der Waals surface area contributed by atoms with Crippen LogP contribution in [0.4, 0.5) is 0 Å². The van der Waals surface area contributed by atoms with Gasteiger partial charge >= 0.3 is 7.60 Å². The zero-order valence-corrected chi connectivity index (χ0v) is 10.1. The van der Waals surface area contributed by atoms with Gasteiger partial charge in [0.1, 0.15) is 12.4 Å². The van der Waals surface area contributed by atoms with Gasteiger partial charge in [0, 0.05) is 0 Å². The molecule has 1 atom stereocenters. The van der Waals surface area contributed by atoms with Crippen molar-refractivity contribution in [3.63, 3.8) is 0 Å². The molecule has 0 bridgehead atoms. The maximum Gasteiger partial charge on any atom is 0.342 e. The van der Waals surface area contributed by atoms with Gasteiger partial charge in [-0.2, -0.15) is 0 Å². The van der Waals surface area contributed by atoms with Gasteiger partial charge < -0.3 is 19.5 Å². The Balaban J connectivity index is 4.60. The molecule has 0 fully saturated rings. The van der Waals surface area contributed by atoms with E-state index in [1.807, 2.05) is 0 Å². The third-order valence-electron chi connectivity index (χ3n) is 1.73. The molecule has 0 saturated heterocycles. The fourth-order valence-corrected chi connectivity index (χ4v) is 2.61. The Kier molecular flexibility index (Phi) is 6.76. The molecule has 0 aromatic heterocycles. The SMILES string of the molecule is CCOP(=O)(OCC)C(C)C(=O)NCO. The average molecular weight is 239 g/mol. The van der Waals surface area contributed by atoms with Crippen LogP contribution in [-0.4, -0.2) is 36.6 Å². The summed E-state index contributed by atoms with van der Waals surface area (Å²) in [6.45, 7) is 4.69.